The van der Waals surface area contributed by atoms with Crippen LogP contribution in [0.25, 0.3) is 10.6 Å². The number of rotatable bonds is 7. The zero-order chi connectivity index (χ0) is 24.2. The molecule has 0 unspecified atom stereocenters. The molecule has 5 rings (SSSR count). The minimum atomic E-state index is 0.200. The minimum absolute atomic E-state index is 0.200. The Balaban J connectivity index is 1.11. The van der Waals surface area contributed by atoms with Gasteiger partial charge in [0.05, 0.1) is 26.5 Å². The van der Waals surface area contributed by atoms with Gasteiger partial charge in [-0.05, 0) is 29.7 Å². The molecular weight excluding hydrogens is 460 g/mol. The molecule has 0 saturated carbocycles. The Morgan fingerprint density at radius 3 is 2.34 bits per heavy atom. The van der Waals surface area contributed by atoms with Crippen molar-refractivity contribution in [2.45, 2.75) is 19.5 Å². The summed E-state index contributed by atoms with van der Waals surface area (Å²) in [4.78, 5) is 24.6. The van der Waals surface area contributed by atoms with E-state index in [-0.39, 0.29) is 5.91 Å². The molecule has 1 saturated heterocycles. The monoisotopic (exact) mass is 492 g/mol. The van der Waals surface area contributed by atoms with Gasteiger partial charge in [0.2, 0.25) is 5.91 Å². The molecule has 3 heterocycles. The van der Waals surface area contributed by atoms with E-state index in [1.54, 1.807) is 25.6 Å². The van der Waals surface area contributed by atoms with Crippen LogP contribution in [0.5, 0.6) is 11.5 Å². The maximum Gasteiger partial charge on any atom is 0.237 e. The number of hydrogen-bond acceptors (Lipinski definition) is 7. The number of hydrogen-bond donors (Lipinski definition) is 0. The average Bonchev–Trinajstić information content (AvgIpc) is 3.37. The number of ether oxygens (including phenoxy) is 2. The molecule has 0 radical (unpaired) electrons. The van der Waals surface area contributed by atoms with E-state index in [2.05, 4.69) is 27.3 Å². The Morgan fingerprint density at radius 1 is 0.943 bits per heavy atom. The van der Waals surface area contributed by atoms with Crippen LogP contribution >= 0.6 is 11.3 Å². The lowest BCUT2D eigenvalue weighted by molar-refractivity contribution is -0.133. The van der Waals surface area contributed by atoms with Crippen LogP contribution in [0.3, 0.4) is 0 Å². The first-order chi connectivity index (χ1) is 17.1. The highest BCUT2D eigenvalue weighted by Crippen LogP contribution is 2.33. The van der Waals surface area contributed by atoms with Crippen molar-refractivity contribution >= 4 is 17.2 Å². The molecule has 1 fully saturated rings. The maximum absolute atomic E-state index is 13.1. The molecular formula is C27H32N4O3S. The SMILES string of the molecule is COc1cc2c(cc1OC)CN(C(=O)CN1CCN(Cc3csc(-c4ccccc4)n3)CC1)CC2. The molecule has 0 bridgehead atoms. The fourth-order valence-corrected chi connectivity index (χ4v) is 5.63. The van der Waals surface area contributed by atoms with Crippen molar-refractivity contribution in [3.05, 3.63) is 64.7 Å². The molecule has 7 nitrogen and oxygen atoms in total. The maximum atomic E-state index is 13.1. The highest BCUT2D eigenvalue weighted by molar-refractivity contribution is 7.13. The molecule has 0 spiro atoms. The Kier molecular flexibility index (Phi) is 7.32. The van der Waals surface area contributed by atoms with E-state index in [1.165, 1.54) is 11.1 Å². The molecule has 2 aromatic carbocycles. The van der Waals surface area contributed by atoms with E-state index in [0.717, 1.165) is 67.7 Å². The summed E-state index contributed by atoms with van der Waals surface area (Å²) in [6, 6.07) is 14.4. The predicted octanol–water partition coefficient (Wildman–Crippen LogP) is 3.53. The van der Waals surface area contributed by atoms with Crippen LogP contribution in [0.1, 0.15) is 16.8 Å². The molecule has 1 amide bonds. The molecule has 0 atom stereocenters. The van der Waals surface area contributed by atoms with E-state index in [4.69, 9.17) is 14.5 Å². The second kappa shape index (κ2) is 10.8. The molecule has 35 heavy (non-hydrogen) atoms. The van der Waals surface area contributed by atoms with Crippen LogP contribution < -0.4 is 9.47 Å². The lowest BCUT2D eigenvalue weighted by atomic mass is 9.98. The van der Waals surface area contributed by atoms with Crippen molar-refractivity contribution in [3.8, 4) is 22.1 Å². The summed E-state index contributed by atoms with van der Waals surface area (Å²) in [5.41, 5.74) is 4.67. The van der Waals surface area contributed by atoms with Gasteiger partial charge in [0, 0.05) is 56.8 Å². The van der Waals surface area contributed by atoms with Gasteiger partial charge < -0.3 is 14.4 Å². The van der Waals surface area contributed by atoms with Crippen LogP contribution in [0, 0.1) is 0 Å². The summed E-state index contributed by atoms with van der Waals surface area (Å²) in [6.07, 6.45) is 0.841. The molecule has 0 N–H and O–H groups in total. The smallest absolute Gasteiger partial charge is 0.237 e. The van der Waals surface area contributed by atoms with Crippen molar-refractivity contribution in [2.75, 3.05) is 53.5 Å². The number of amides is 1. The van der Waals surface area contributed by atoms with E-state index < -0.39 is 0 Å². The molecule has 184 valence electrons. The number of benzene rings is 2. The number of fused-ring (bicyclic) bond motifs is 1. The number of carbonyl (C=O) groups excluding carboxylic acids is 1. The summed E-state index contributed by atoms with van der Waals surface area (Å²) in [7, 11) is 3.30. The molecule has 2 aliphatic rings. The van der Waals surface area contributed by atoms with Gasteiger partial charge in [-0.25, -0.2) is 4.98 Å². The lowest BCUT2D eigenvalue weighted by Crippen LogP contribution is -2.50. The summed E-state index contributed by atoms with van der Waals surface area (Å²) < 4.78 is 10.9. The summed E-state index contributed by atoms with van der Waals surface area (Å²) >= 11 is 1.70. The van der Waals surface area contributed by atoms with Gasteiger partial charge in [0.15, 0.2) is 11.5 Å². The van der Waals surface area contributed by atoms with E-state index in [0.29, 0.717) is 18.8 Å². The zero-order valence-corrected chi connectivity index (χ0v) is 21.2. The highest BCUT2D eigenvalue weighted by Gasteiger charge is 2.26. The summed E-state index contributed by atoms with van der Waals surface area (Å²) in [5, 5.41) is 3.24. The van der Waals surface area contributed by atoms with Crippen LogP contribution in [0.15, 0.2) is 47.8 Å². The number of piperazine rings is 1. The van der Waals surface area contributed by atoms with Gasteiger partial charge in [-0.1, -0.05) is 30.3 Å². The third kappa shape index (κ3) is 5.50. The van der Waals surface area contributed by atoms with Gasteiger partial charge in [0.1, 0.15) is 5.01 Å². The van der Waals surface area contributed by atoms with Crippen molar-refractivity contribution in [3.63, 3.8) is 0 Å². The molecule has 2 aliphatic heterocycles. The van der Waals surface area contributed by atoms with Crippen LogP contribution in [0.4, 0.5) is 0 Å². The van der Waals surface area contributed by atoms with Gasteiger partial charge in [0.25, 0.3) is 0 Å². The molecule has 1 aromatic heterocycles. The molecule has 0 aliphatic carbocycles. The summed E-state index contributed by atoms with van der Waals surface area (Å²) in [5.74, 6) is 1.66. The fourth-order valence-electron chi connectivity index (χ4n) is 4.81. The quantitative estimate of drug-likeness (QED) is 0.503. The first-order valence-corrected chi connectivity index (χ1v) is 13.0. The predicted molar refractivity (Wildman–Crippen MR) is 138 cm³/mol. The first kappa shape index (κ1) is 23.8. The van der Waals surface area contributed by atoms with Gasteiger partial charge >= 0.3 is 0 Å². The van der Waals surface area contributed by atoms with Crippen molar-refractivity contribution in [1.29, 1.82) is 0 Å². The van der Waals surface area contributed by atoms with E-state index >= 15 is 0 Å². The molecule has 3 aromatic rings. The van der Waals surface area contributed by atoms with E-state index in [9.17, 15) is 4.79 Å². The van der Waals surface area contributed by atoms with E-state index in [1.807, 2.05) is 35.2 Å². The zero-order valence-electron chi connectivity index (χ0n) is 20.4. The van der Waals surface area contributed by atoms with Crippen molar-refractivity contribution < 1.29 is 14.3 Å². The second-order valence-electron chi connectivity index (χ2n) is 9.10. The Hall–Kier alpha value is -2.94. The lowest BCUT2D eigenvalue weighted by Gasteiger charge is -2.36. The summed E-state index contributed by atoms with van der Waals surface area (Å²) in [6.45, 7) is 6.41. The Bertz CT molecular complexity index is 1160. The number of carbonyl (C=O) groups is 1. The van der Waals surface area contributed by atoms with Crippen LogP contribution in [0.2, 0.25) is 0 Å². The number of aromatic nitrogens is 1. The third-order valence-corrected chi connectivity index (χ3v) is 7.79. The van der Waals surface area contributed by atoms with Crippen molar-refractivity contribution in [1.82, 2.24) is 19.7 Å². The topological polar surface area (TPSA) is 58.1 Å². The minimum Gasteiger partial charge on any atom is -0.493 e. The average molecular weight is 493 g/mol. The largest absolute Gasteiger partial charge is 0.493 e. The second-order valence-corrected chi connectivity index (χ2v) is 9.96. The van der Waals surface area contributed by atoms with Crippen molar-refractivity contribution in [2.24, 2.45) is 0 Å². The number of thiazole rings is 1. The Morgan fingerprint density at radius 2 is 1.63 bits per heavy atom. The number of nitrogens with zero attached hydrogens (tertiary/aromatic N) is 4. The number of methoxy groups -OCH3 is 2. The normalized spacial score (nSPS) is 16.7. The third-order valence-electron chi connectivity index (χ3n) is 6.85. The highest BCUT2D eigenvalue weighted by atomic mass is 32.1. The first-order valence-electron chi connectivity index (χ1n) is 12.1. The van der Waals surface area contributed by atoms with Crippen LogP contribution in [-0.2, 0) is 24.3 Å². The standard InChI is InChI=1S/C27H32N4O3S/c1-33-24-14-21-8-9-31(16-22(21)15-25(24)34-2)26(32)18-30-12-10-29(11-13-30)17-23-19-35-27(28-23)20-6-4-3-5-7-20/h3-7,14-15,19H,8-13,16-18H2,1-2H3. The molecule has 8 heteroatoms. The van der Waals surface area contributed by atoms with Gasteiger partial charge in [-0.2, -0.15) is 0 Å². The fraction of sp³-hybridized carbons (Fsp3) is 0.407. The Labute approximate surface area is 210 Å². The van der Waals surface area contributed by atoms with Crippen LogP contribution in [-0.4, -0.2) is 79.1 Å². The van der Waals surface area contributed by atoms with Gasteiger partial charge in [-0.15, -0.1) is 11.3 Å². The van der Waals surface area contributed by atoms with Gasteiger partial charge in [-0.3, -0.25) is 14.6 Å².